The van der Waals surface area contributed by atoms with Gasteiger partial charge in [0.15, 0.2) is 0 Å². The Kier molecular flexibility index (Phi) is 5.24. The molecule has 0 bridgehead atoms. The largest absolute Gasteiger partial charge is 0.598 e. The third-order valence-electron chi connectivity index (χ3n) is 0.922. The van der Waals surface area contributed by atoms with E-state index >= 15 is 0 Å². The van der Waals surface area contributed by atoms with E-state index in [-0.39, 0.29) is 5.25 Å². The minimum atomic E-state index is -0.822. The van der Waals surface area contributed by atoms with E-state index in [0.29, 0.717) is 0 Å². The summed E-state index contributed by atoms with van der Waals surface area (Å²) < 4.78 is 13.8. The predicted molar refractivity (Wildman–Crippen MR) is 41.6 cm³/mol. The van der Waals surface area contributed by atoms with Gasteiger partial charge < -0.3 is 4.55 Å². The topological polar surface area (TPSA) is 35.1 Å². The van der Waals surface area contributed by atoms with Gasteiger partial charge in [0.25, 0.3) is 0 Å². The second kappa shape index (κ2) is 5.09. The Hall–Kier alpha value is 0.270. The average molecular weight is 149 g/mol. The molecule has 0 heterocycles. The summed E-state index contributed by atoms with van der Waals surface area (Å²) in [5.74, 6) is 0. The van der Waals surface area contributed by atoms with E-state index in [0.717, 1.165) is 13.0 Å². The van der Waals surface area contributed by atoms with Gasteiger partial charge in [-0.15, -0.1) is 4.72 Å². The average Bonchev–Trinajstić information content (AvgIpc) is 1.82. The summed E-state index contributed by atoms with van der Waals surface area (Å²) >= 11 is -0.822. The second-order valence-corrected chi connectivity index (χ2v) is 4.07. The minimum absolute atomic E-state index is 0.233. The zero-order valence-electron chi connectivity index (χ0n) is 6.31. The van der Waals surface area contributed by atoms with E-state index in [1.54, 1.807) is 0 Å². The van der Waals surface area contributed by atoms with Crippen LogP contribution in [-0.2, 0) is 11.4 Å². The molecule has 0 aliphatic rings. The third kappa shape index (κ3) is 4.75. The standard InChI is InChI=1S/C6H15NOS/c1-4-5-7-9(8)6(2)3/h6-7H,4-5H2,1-3H3. The van der Waals surface area contributed by atoms with Crippen molar-refractivity contribution in [3.05, 3.63) is 0 Å². The highest BCUT2D eigenvalue weighted by Crippen LogP contribution is 1.94. The van der Waals surface area contributed by atoms with Crippen LogP contribution in [0.15, 0.2) is 0 Å². The van der Waals surface area contributed by atoms with Crippen molar-refractivity contribution in [1.82, 2.24) is 4.72 Å². The van der Waals surface area contributed by atoms with E-state index < -0.39 is 11.4 Å². The Morgan fingerprint density at radius 3 is 2.44 bits per heavy atom. The molecule has 56 valence electrons. The van der Waals surface area contributed by atoms with Crippen LogP contribution in [0, 0.1) is 0 Å². The molecule has 0 aromatic rings. The number of rotatable bonds is 4. The molecule has 0 aromatic heterocycles. The summed E-state index contributed by atoms with van der Waals surface area (Å²) in [4.78, 5) is 0. The van der Waals surface area contributed by atoms with Crippen molar-refractivity contribution in [3.63, 3.8) is 0 Å². The Bertz CT molecular complexity index is 68.1. The van der Waals surface area contributed by atoms with E-state index in [9.17, 15) is 4.55 Å². The van der Waals surface area contributed by atoms with Gasteiger partial charge >= 0.3 is 0 Å². The van der Waals surface area contributed by atoms with Crippen molar-refractivity contribution in [2.75, 3.05) is 6.54 Å². The smallest absolute Gasteiger partial charge is 0.129 e. The SMILES string of the molecule is CCCN[S+]([O-])C(C)C. The van der Waals surface area contributed by atoms with E-state index in [1.165, 1.54) is 0 Å². The summed E-state index contributed by atoms with van der Waals surface area (Å²) in [6, 6.07) is 0. The first-order chi connectivity index (χ1) is 4.18. The fourth-order valence-electron chi connectivity index (χ4n) is 0.369. The third-order valence-corrected chi connectivity index (χ3v) is 2.27. The highest BCUT2D eigenvalue weighted by Gasteiger charge is 2.08. The highest BCUT2D eigenvalue weighted by atomic mass is 32.2. The van der Waals surface area contributed by atoms with Crippen LogP contribution in [0.2, 0.25) is 0 Å². The molecule has 0 amide bonds. The summed E-state index contributed by atoms with van der Waals surface area (Å²) in [6.07, 6.45) is 1.04. The van der Waals surface area contributed by atoms with Crippen molar-refractivity contribution < 1.29 is 4.55 Å². The molecule has 0 spiro atoms. The van der Waals surface area contributed by atoms with Crippen molar-refractivity contribution in [2.24, 2.45) is 0 Å². The molecule has 1 unspecified atom stereocenters. The van der Waals surface area contributed by atoms with Gasteiger partial charge in [-0.25, -0.2) is 0 Å². The molecule has 0 aliphatic heterocycles. The lowest BCUT2D eigenvalue weighted by atomic mass is 10.5. The van der Waals surface area contributed by atoms with Gasteiger partial charge in [-0.3, -0.25) is 0 Å². The molecule has 1 N–H and O–H groups in total. The Morgan fingerprint density at radius 2 is 2.11 bits per heavy atom. The Labute approximate surface area is 60.3 Å². The summed E-state index contributed by atoms with van der Waals surface area (Å²) in [5, 5.41) is 0.233. The molecule has 2 nitrogen and oxygen atoms in total. The lowest BCUT2D eigenvalue weighted by Crippen LogP contribution is -2.31. The summed E-state index contributed by atoms with van der Waals surface area (Å²) in [6.45, 7) is 6.80. The van der Waals surface area contributed by atoms with Crippen LogP contribution in [0.4, 0.5) is 0 Å². The lowest BCUT2D eigenvalue weighted by molar-refractivity contribution is 0.571. The normalized spacial score (nSPS) is 14.3. The molecule has 0 aliphatic carbocycles. The molecule has 0 radical (unpaired) electrons. The molecule has 0 fully saturated rings. The van der Waals surface area contributed by atoms with Gasteiger partial charge in [-0.1, -0.05) is 6.92 Å². The van der Waals surface area contributed by atoms with Crippen LogP contribution in [-0.4, -0.2) is 16.3 Å². The minimum Gasteiger partial charge on any atom is -0.598 e. The zero-order chi connectivity index (χ0) is 7.28. The molecule has 0 rings (SSSR count). The maximum atomic E-state index is 10.9. The Morgan fingerprint density at radius 1 is 1.56 bits per heavy atom. The first-order valence-electron chi connectivity index (χ1n) is 3.32. The van der Waals surface area contributed by atoms with Crippen molar-refractivity contribution in [2.45, 2.75) is 32.4 Å². The van der Waals surface area contributed by atoms with Crippen LogP contribution in [0.25, 0.3) is 0 Å². The number of hydrogen-bond acceptors (Lipinski definition) is 2. The van der Waals surface area contributed by atoms with Crippen LogP contribution in [0.3, 0.4) is 0 Å². The van der Waals surface area contributed by atoms with Gasteiger partial charge in [0.05, 0.1) is 0 Å². The molecule has 0 saturated heterocycles. The fourth-order valence-corrected chi connectivity index (χ4v) is 1.11. The maximum Gasteiger partial charge on any atom is 0.129 e. The summed E-state index contributed by atoms with van der Waals surface area (Å²) in [7, 11) is 0. The number of hydrogen-bond donors (Lipinski definition) is 1. The lowest BCUT2D eigenvalue weighted by Gasteiger charge is -2.13. The van der Waals surface area contributed by atoms with Crippen LogP contribution < -0.4 is 4.72 Å². The van der Waals surface area contributed by atoms with Gasteiger partial charge in [-0.2, -0.15) is 0 Å². The first kappa shape index (κ1) is 9.27. The first-order valence-corrected chi connectivity index (χ1v) is 4.53. The molecule has 9 heavy (non-hydrogen) atoms. The zero-order valence-corrected chi connectivity index (χ0v) is 7.12. The van der Waals surface area contributed by atoms with Gasteiger partial charge in [0.2, 0.25) is 0 Å². The van der Waals surface area contributed by atoms with E-state index in [4.69, 9.17) is 0 Å². The second-order valence-electron chi connectivity index (χ2n) is 2.24. The van der Waals surface area contributed by atoms with Gasteiger partial charge in [0, 0.05) is 17.9 Å². The monoisotopic (exact) mass is 149 g/mol. The highest BCUT2D eigenvalue weighted by molar-refractivity contribution is 7.90. The fraction of sp³-hybridized carbons (Fsp3) is 1.00. The molecule has 0 saturated carbocycles. The molecule has 1 atom stereocenters. The number of nitrogens with one attached hydrogen (secondary N) is 1. The van der Waals surface area contributed by atoms with Gasteiger partial charge in [-0.05, 0) is 20.3 Å². The van der Waals surface area contributed by atoms with Crippen LogP contribution >= 0.6 is 0 Å². The quantitative estimate of drug-likeness (QED) is 0.607. The van der Waals surface area contributed by atoms with Crippen molar-refractivity contribution in [1.29, 1.82) is 0 Å². The van der Waals surface area contributed by atoms with Crippen LogP contribution in [0.5, 0.6) is 0 Å². The van der Waals surface area contributed by atoms with E-state index in [2.05, 4.69) is 11.6 Å². The predicted octanol–water partition coefficient (Wildman–Crippen LogP) is 1.06. The van der Waals surface area contributed by atoms with E-state index in [1.807, 2.05) is 13.8 Å². The molecular formula is C6H15NOS. The van der Waals surface area contributed by atoms with Crippen molar-refractivity contribution >= 4 is 11.4 Å². The van der Waals surface area contributed by atoms with Gasteiger partial charge in [0.1, 0.15) is 5.25 Å². The molecular weight excluding hydrogens is 134 g/mol. The Balaban J connectivity index is 3.16. The maximum absolute atomic E-state index is 10.9. The van der Waals surface area contributed by atoms with Crippen molar-refractivity contribution in [3.8, 4) is 0 Å². The molecule has 0 aromatic carbocycles. The molecule has 3 heteroatoms. The summed E-state index contributed by atoms with van der Waals surface area (Å²) in [5.41, 5.74) is 0. The van der Waals surface area contributed by atoms with Crippen LogP contribution in [0.1, 0.15) is 27.2 Å².